The van der Waals surface area contributed by atoms with E-state index >= 15 is 0 Å². The maximum atomic E-state index is 14.3. The second kappa shape index (κ2) is 6.77. The summed E-state index contributed by atoms with van der Waals surface area (Å²) in [7, 11) is -4.11. The Kier molecular flexibility index (Phi) is 4.88. The third kappa shape index (κ3) is 3.93. The maximum Gasteiger partial charge on any atom is 0.414 e. The summed E-state index contributed by atoms with van der Waals surface area (Å²) in [5.74, 6) is 0.789. The normalized spacial score (nSPS) is 21.4. The van der Waals surface area contributed by atoms with Gasteiger partial charge < -0.3 is 9.64 Å². The van der Waals surface area contributed by atoms with Crippen LogP contribution in [0, 0.1) is 5.82 Å². The molecule has 1 aromatic carbocycles. The molecule has 0 radical (unpaired) electrons. The van der Waals surface area contributed by atoms with E-state index in [4.69, 9.17) is 9.29 Å². The zero-order valence-corrected chi connectivity index (χ0v) is 14.4. The van der Waals surface area contributed by atoms with Crippen molar-refractivity contribution in [2.45, 2.75) is 12.5 Å². The molecule has 2 heterocycles. The largest absolute Gasteiger partial charge is 0.444 e. The highest BCUT2D eigenvalue weighted by Crippen LogP contribution is 2.30. The lowest BCUT2D eigenvalue weighted by Gasteiger charge is -2.19. The van der Waals surface area contributed by atoms with E-state index in [2.05, 4.69) is 0 Å². The van der Waals surface area contributed by atoms with E-state index in [1.54, 1.807) is 23.9 Å². The number of benzene rings is 1. The first kappa shape index (κ1) is 17.3. The molecule has 2 fully saturated rings. The first-order valence-corrected chi connectivity index (χ1v) is 10.2. The molecule has 0 aliphatic carbocycles. The Bertz CT molecular complexity index is 737. The Balaban J connectivity index is 1.70. The minimum absolute atomic E-state index is 0.00730. The number of hydrogen-bond donors (Lipinski definition) is 1. The van der Waals surface area contributed by atoms with Gasteiger partial charge in [-0.1, -0.05) is 0 Å². The molecule has 3 rings (SSSR count). The Labute approximate surface area is 143 Å². The molecule has 10 heteroatoms. The number of cyclic esters (lactones) is 1. The molecule has 24 heavy (non-hydrogen) atoms. The van der Waals surface area contributed by atoms with Crippen molar-refractivity contribution in [3.8, 4) is 0 Å². The van der Waals surface area contributed by atoms with Gasteiger partial charge in [-0.15, -0.1) is 11.8 Å². The monoisotopic (exact) mass is 376 g/mol. The summed E-state index contributed by atoms with van der Waals surface area (Å²) >= 11 is 1.73. The molecule has 1 aromatic rings. The standard InChI is InChI=1S/C14H17FN2O5S2/c15-12-7-10(1-2-13(12)16-4-5-23-9-16)17-8-11(22-14(17)18)3-6-24(19,20)21/h1-2,7,11H,3-6,8-9H2,(H,19,20,21). The number of hydrogen-bond acceptors (Lipinski definition) is 6. The first-order chi connectivity index (χ1) is 11.3. The summed E-state index contributed by atoms with van der Waals surface area (Å²) in [6, 6.07) is 4.56. The SMILES string of the molecule is O=C1OC(CCS(=O)(=O)O)CN1c1ccc(N2CCSC2)c(F)c1. The van der Waals surface area contributed by atoms with Gasteiger partial charge in [0, 0.05) is 18.7 Å². The van der Waals surface area contributed by atoms with Crippen molar-refractivity contribution in [2.75, 3.05) is 40.3 Å². The van der Waals surface area contributed by atoms with E-state index in [1.165, 1.54) is 11.0 Å². The lowest BCUT2D eigenvalue weighted by Crippen LogP contribution is -2.26. The summed E-state index contributed by atoms with van der Waals surface area (Å²) in [5, 5.41) is 0. The number of thioether (sulfide) groups is 1. The second-order valence-corrected chi connectivity index (χ2v) is 8.27. The van der Waals surface area contributed by atoms with Crippen molar-refractivity contribution in [1.82, 2.24) is 0 Å². The van der Waals surface area contributed by atoms with Gasteiger partial charge in [0.05, 0.1) is 29.5 Å². The van der Waals surface area contributed by atoms with Crippen LogP contribution >= 0.6 is 11.8 Å². The van der Waals surface area contributed by atoms with Gasteiger partial charge in [0.1, 0.15) is 11.9 Å². The number of ether oxygens (including phenoxy) is 1. The van der Waals surface area contributed by atoms with Crippen molar-refractivity contribution < 1.29 is 26.9 Å². The quantitative estimate of drug-likeness (QED) is 0.786. The van der Waals surface area contributed by atoms with Gasteiger partial charge in [-0.25, -0.2) is 9.18 Å². The van der Waals surface area contributed by atoms with Crippen LogP contribution in [-0.4, -0.2) is 55.6 Å². The number of rotatable bonds is 5. The van der Waals surface area contributed by atoms with Gasteiger partial charge in [0.2, 0.25) is 0 Å². The highest BCUT2D eigenvalue weighted by atomic mass is 32.2. The molecule has 2 saturated heterocycles. The number of halogens is 1. The van der Waals surface area contributed by atoms with Crippen molar-refractivity contribution in [1.29, 1.82) is 0 Å². The maximum absolute atomic E-state index is 14.3. The van der Waals surface area contributed by atoms with E-state index < -0.39 is 33.9 Å². The number of carbonyl (C=O) groups is 1. The van der Waals surface area contributed by atoms with Crippen molar-refractivity contribution >= 4 is 39.3 Å². The molecule has 1 N–H and O–H groups in total. The van der Waals surface area contributed by atoms with Gasteiger partial charge in [-0.3, -0.25) is 9.45 Å². The predicted molar refractivity (Wildman–Crippen MR) is 89.7 cm³/mol. The minimum Gasteiger partial charge on any atom is -0.444 e. The number of anilines is 2. The van der Waals surface area contributed by atoms with Crippen LogP contribution in [-0.2, 0) is 14.9 Å². The summed E-state index contributed by atoms with van der Waals surface area (Å²) in [4.78, 5) is 15.1. The molecule has 2 aliphatic heterocycles. The second-order valence-electron chi connectivity index (χ2n) is 5.63. The first-order valence-electron chi connectivity index (χ1n) is 7.39. The molecule has 1 amide bonds. The molecule has 0 spiro atoms. The minimum atomic E-state index is -4.11. The average Bonchev–Trinajstić information content (AvgIpc) is 3.14. The highest BCUT2D eigenvalue weighted by Gasteiger charge is 2.33. The Morgan fingerprint density at radius 2 is 2.21 bits per heavy atom. The number of carbonyl (C=O) groups excluding carboxylic acids is 1. The van der Waals surface area contributed by atoms with Crippen molar-refractivity contribution in [3.05, 3.63) is 24.0 Å². The summed E-state index contributed by atoms with van der Waals surface area (Å²) in [6.45, 7) is 0.900. The fraction of sp³-hybridized carbons (Fsp3) is 0.500. The van der Waals surface area contributed by atoms with Crippen LogP contribution in [0.4, 0.5) is 20.6 Å². The molecule has 0 bridgehead atoms. The molecule has 1 atom stereocenters. The van der Waals surface area contributed by atoms with Crippen LogP contribution < -0.4 is 9.80 Å². The van der Waals surface area contributed by atoms with Crippen LogP contribution in [0.15, 0.2) is 18.2 Å². The van der Waals surface area contributed by atoms with Gasteiger partial charge in [0.15, 0.2) is 0 Å². The summed E-state index contributed by atoms with van der Waals surface area (Å²) in [6.07, 6.45) is -1.32. The molecule has 7 nitrogen and oxygen atoms in total. The topological polar surface area (TPSA) is 87.1 Å². The van der Waals surface area contributed by atoms with E-state index in [1.807, 2.05) is 4.90 Å². The number of amides is 1. The van der Waals surface area contributed by atoms with Crippen molar-refractivity contribution in [3.63, 3.8) is 0 Å². The molecular formula is C14H17FN2O5S2. The molecule has 2 aliphatic rings. The summed E-state index contributed by atoms with van der Waals surface area (Å²) < 4.78 is 49.7. The molecule has 0 aromatic heterocycles. The van der Waals surface area contributed by atoms with Crippen LogP contribution in [0.3, 0.4) is 0 Å². The van der Waals surface area contributed by atoms with Crippen LogP contribution in [0.5, 0.6) is 0 Å². The third-order valence-electron chi connectivity index (χ3n) is 3.91. The van der Waals surface area contributed by atoms with Gasteiger partial charge in [-0.05, 0) is 18.2 Å². The van der Waals surface area contributed by atoms with Gasteiger partial charge in [-0.2, -0.15) is 8.42 Å². The molecule has 132 valence electrons. The molecule has 1 unspecified atom stereocenters. The molecule has 0 saturated carbocycles. The highest BCUT2D eigenvalue weighted by molar-refractivity contribution is 7.99. The average molecular weight is 376 g/mol. The van der Waals surface area contributed by atoms with Crippen molar-refractivity contribution in [2.24, 2.45) is 0 Å². The van der Waals surface area contributed by atoms with Gasteiger partial charge in [0.25, 0.3) is 10.1 Å². The fourth-order valence-corrected chi connectivity index (χ4v) is 4.22. The number of nitrogens with zero attached hydrogens (tertiary/aromatic N) is 2. The van der Waals surface area contributed by atoms with E-state index in [-0.39, 0.29) is 13.0 Å². The van der Waals surface area contributed by atoms with Crippen LogP contribution in [0.2, 0.25) is 0 Å². The fourth-order valence-electron chi connectivity index (χ4n) is 2.69. The third-order valence-corrected chi connectivity index (χ3v) is 5.63. The Morgan fingerprint density at radius 3 is 2.83 bits per heavy atom. The zero-order valence-electron chi connectivity index (χ0n) is 12.7. The zero-order chi connectivity index (χ0) is 17.3. The Morgan fingerprint density at radius 1 is 1.42 bits per heavy atom. The van der Waals surface area contributed by atoms with E-state index in [9.17, 15) is 17.6 Å². The Hall–Kier alpha value is -1.52. The van der Waals surface area contributed by atoms with Gasteiger partial charge >= 0.3 is 6.09 Å². The smallest absolute Gasteiger partial charge is 0.414 e. The summed E-state index contributed by atoms with van der Waals surface area (Å²) in [5.41, 5.74) is 0.863. The van der Waals surface area contributed by atoms with Crippen LogP contribution in [0.25, 0.3) is 0 Å². The predicted octanol–water partition coefficient (Wildman–Crippen LogP) is 1.94. The van der Waals surface area contributed by atoms with E-state index in [0.717, 1.165) is 18.2 Å². The lowest BCUT2D eigenvalue weighted by atomic mass is 10.2. The lowest BCUT2D eigenvalue weighted by molar-refractivity contribution is 0.139. The van der Waals surface area contributed by atoms with Crippen LogP contribution in [0.1, 0.15) is 6.42 Å². The van der Waals surface area contributed by atoms with E-state index in [0.29, 0.717) is 11.4 Å². The molecular weight excluding hydrogens is 359 g/mol.